The number of aliphatic hydroxyl groups is 1. The van der Waals surface area contributed by atoms with Crippen molar-refractivity contribution in [3.05, 3.63) is 100 Å². The Balaban J connectivity index is 1.32. The number of hydrogen-bond acceptors (Lipinski definition) is 5. The third-order valence-corrected chi connectivity index (χ3v) is 13.6. The van der Waals surface area contributed by atoms with Crippen LogP contribution >= 0.6 is 0 Å². The highest BCUT2D eigenvalue weighted by Gasteiger charge is 2.39. The lowest BCUT2D eigenvalue weighted by Crippen LogP contribution is -2.44. The molecular weight excluding hydrogens is 552 g/mol. The number of aryl methyl sites for hydroxylation is 1. The molecule has 4 N–H and O–H groups in total. The summed E-state index contributed by atoms with van der Waals surface area (Å²) in [4.78, 5) is 12.7. The number of aliphatic hydroxyl groups excluding tert-OH is 1. The fourth-order valence-electron chi connectivity index (χ4n) is 5.56. The van der Waals surface area contributed by atoms with Gasteiger partial charge in [0.15, 0.2) is 8.32 Å². The monoisotopic (exact) mass is 602 g/mol. The van der Waals surface area contributed by atoms with E-state index in [-0.39, 0.29) is 41.5 Å². The molecule has 7 heteroatoms. The van der Waals surface area contributed by atoms with Gasteiger partial charge in [0.05, 0.1) is 12.7 Å². The normalized spacial score (nSPS) is 15.2. The Hall–Kier alpha value is -2.97. The van der Waals surface area contributed by atoms with E-state index in [9.17, 15) is 15.0 Å². The number of benzene rings is 3. The molecule has 4 rings (SSSR count). The SMILES string of the molecule is C[C@H](Cc1cccc(CCC(=O)NC2Cc3ccccc3C2)c1)NC[C@@H](O[Si](C)(C)C(C)(C)C)c1ccc(O)c(CO)c1. The third kappa shape index (κ3) is 9.02. The first kappa shape index (κ1) is 32.9. The van der Waals surface area contributed by atoms with Crippen molar-refractivity contribution in [1.29, 1.82) is 0 Å². The first-order valence-corrected chi connectivity index (χ1v) is 18.5. The summed E-state index contributed by atoms with van der Waals surface area (Å²) in [5, 5.41) is 26.8. The van der Waals surface area contributed by atoms with Crippen molar-refractivity contribution in [1.82, 2.24) is 10.6 Å². The quantitative estimate of drug-likeness (QED) is 0.170. The van der Waals surface area contributed by atoms with Crippen LogP contribution in [-0.4, -0.2) is 43.1 Å². The van der Waals surface area contributed by atoms with Crippen LogP contribution in [0.15, 0.2) is 66.7 Å². The minimum Gasteiger partial charge on any atom is -0.508 e. The van der Waals surface area contributed by atoms with E-state index < -0.39 is 8.32 Å². The molecule has 3 aromatic carbocycles. The van der Waals surface area contributed by atoms with E-state index in [1.165, 1.54) is 22.3 Å². The van der Waals surface area contributed by atoms with Crippen LogP contribution in [0.2, 0.25) is 18.1 Å². The van der Waals surface area contributed by atoms with Gasteiger partial charge in [0.2, 0.25) is 5.91 Å². The zero-order chi connectivity index (χ0) is 31.2. The molecule has 0 aliphatic heterocycles. The van der Waals surface area contributed by atoms with Gasteiger partial charge in [-0.05, 0) is 90.7 Å². The van der Waals surface area contributed by atoms with Crippen molar-refractivity contribution in [3.8, 4) is 5.75 Å². The number of carbonyl (C=O) groups excluding carboxylic acids is 1. The molecule has 0 saturated carbocycles. The topological polar surface area (TPSA) is 90.8 Å². The average Bonchev–Trinajstić information content (AvgIpc) is 3.36. The maximum atomic E-state index is 12.7. The summed E-state index contributed by atoms with van der Waals surface area (Å²) in [5.41, 5.74) is 6.56. The molecule has 0 unspecified atom stereocenters. The largest absolute Gasteiger partial charge is 0.508 e. The van der Waals surface area contributed by atoms with Gasteiger partial charge in [0.25, 0.3) is 0 Å². The number of amides is 1. The van der Waals surface area contributed by atoms with Crippen molar-refractivity contribution >= 4 is 14.2 Å². The Morgan fingerprint density at radius 3 is 2.33 bits per heavy atom. The second kappa shape index (κ2) is 14.2. The summed E-state index contributed by atoms with van der Waals surface area (Å²) in [7, 11) is -2.09. The number of nitrogens with one attached hydrogen (secondary N) is 2. The minimum absolute atomic E-state index is 0.0486. The van der Waals surface area contributed by atoms with E-state index in [0.29, 0.717) is 18.5 Å². The molecule has 6 nitrogen and oxygen atoms in total. The van der Waals surface area contributed by atoms with E-state index in [4.69, 9.17) is 4.43 Å². The molecule has 232 valence electrons. The fraction of sp³-hybridized carbons (Fsp3) is 0.472. The van der Waals surface area contributed by atoms with Gasteiger partial charge in [-0.2, -0.15) is 0 Å². The molecule has 0 bridgehead atoms. The highest BCUT2D eigenvalue weighted by molar-refractivity contribution is 6.74. The summed E-state index contributed by atoms with van der Waals surface area (Å²) in [6.07, 6.45) is 3.69. The molecule has 0 heterocycles. The van der Waals surface area contributed by atoms with Gasteiger partial charge in [-0.3, -0.25) is 4.79 Å². The van der Waals surface area contributed by atoms with Crippen LogP contribution in [0.3, 0.4) is 0 Å². The number of hydrogen-bond donors (Lipinski definition) is 4. The predicted octanol–water partition coefficient (Wildman–Crippen LogP) is 6.38. The maximum Gasteiger partial charge on any atom is 0.220 e. The summed E-state index contributed by atoms with van der Waals surface area (Å²) < 4.78 is 6.84. The van der Waals surface area contributed by atoms with E-state index in [1.807, 2.05) is 12.1 Å². The van der Waals surface area contributed by atoms with E-state index in [0.717, 1.165) is 31.2 Å². The Morgan fingerprint density at radius 2 is 1.67 bits per heavy atom. The van der Waals surface area contributed by atoms with Gasteiger partial charge >= 0.3 is 0 Å². The first-order valence-electron chi connectivity index (χ1n) is 15.6. The van der Waals surface area contributed by atoms with Crippen LogP contribution < -0.4 is 10.6 Å². The smallest absolute Gasteiger partial charge is 0.220 e. The Labute approximate surface area is 259 Å². The number of rotatable bonds is 13. The van der Waals surface area contributed by atoms with E-state index >= 15 is 0 Å². The van der Waals surface area contributed by atoms with Crippen molar-refractivity contribution in [2.24, 2.45) is 0 Å². The Bertz CT molecular complexity index is 1360. The van der Waals surface area contributed by atoms with Gasteiger partial charge in [-0.15, -0.1) is 0 Å². The van der Waals surface area contributed by atoms with Crippen molar-refractivity contribution in [2.45, 2.75) is 103 Å². The van der Waals surface area contributed by atoms with Gasteiger partial charge in [0, 0.05) is 30.6 Å². The third-order valence-electron chi connectivity index (χ3n) is 9.13. The molecule has 0 radical (unpaired) electrons. The van der Waals surface area contributed by atoms with Crippen molar-refractivity contribution in [2.75, 3.05) is 6.54 Å². The molecule has 0 saturated heterocycles. The Kier molecular flexibility index (Phi) is 10.9. The number of fused-ring (bicyclic) bond motifs is 1. The molecule has 3 aromatic rings. The predicted molar refractivity (Wildman–Crippen MR) is 177 cm³/mol. The first-order chi connectivity index (χ1) is 20.3. The van der Waals surface area contributed by atoms with Crippen molar-refractivity contribution < 1.29 is 19.4 Å². The summed E-state index contributed by atoms with van der Waals surface area (Å²) >= 11 is 0. The molecular formula is C36H50N2O4Si. The highest BCUT2D eigenvalue weighted by Crippen LogP contribution is 2.40. The fourth-order valence-corrected chi connectivity index (χ4v) is 6.84. The Morgan fingerprint density at radius 1 is 1.00 bits per heavy atom. The summed E-state index contributed by atoms with van der Waals surface area (Å²) in [6, 6.07) is 22.8. The van der Waals surface area contributed by atoms with Crippen LogP contribution in [0.4, 0.5) is 0 Å². The molecule has 1 amide bonds. The second-order valence-electron chi connectivity index (χ2n) is 13.7. The molecule has 2 atom stereocenters. The lowest BCUT2D eigenvalue weighted by Gasteiger charge is -2.40. The maximum absolute atomic E-state index is 12.7. The summed E-state index contributed by atoms with van der Waals surface area (Å²) in [5.74, 6) is 0.213. The number of phenols is 1. The van der Waals surface area contributed by atoms with Crippen LogP contribution in [0.5, 0.6) is 5.75 Å². The molecule has 0 spiro atoms. The van der Waals surface area contributed by atoms with E-state index in [2.05, 4.69) is 100.0 Å². The van der Waals surface area contributed by atoms with Crippen molar-refractivity contribution in [3.63, 3.8) is 0 Å². The molecule has 1 aliphatic carbocycles. The van der Waals surface area contributed by atoms with E-state index in [1.54, 1.807) is 6.07 Å². The lowest BCUT2D eigenvalue weighted by molar-refractivity contribution is -0.121. The van der Waals surface area contributed by atoms with Crippen LogP contribution in [0.1, 0.15) is 73.6 Å². The standard InChI is InChI=1S/C36H50N2O4Si/c1-25(37-23-34(42-43(5,6)36(2,3)4)30-15-16-33(40)31(20-30)24-39)18-27-11-9-10-26(19-27)14-17-35(41)38-32-21-28-12-7-8-13-29(28)22-32/h7-13,15-16,19-20,25,32,34,37,39-40H,14,17-18,21-24H2,1-6H3,(H,38,41)/t25-,34-/m1/s1. The van der Waals surface area contributed by atoms with Crippen LogP contribution in [-0.2, 0) is 41.5 Å². The molecule has 43 heavy (non-hydrogen) atoms. The number of carbonyl (C=O) groups is 1. The molecule has 0 fully saturated rings. The number of aromatic hydroxyl groups is 1. The highest BCUT2D eigenvalue weighted by atomic mass is 28.4. The average molecular weight is 603 g/mol. The van der Waals surface area contributed by atoms with Gasteiger partial charge in [0.1, 0.15) is 5.75 Å². The molecule has 0 aromatic heterocycles. The van der Waals surface area contributed by atoms with Crippen LogP contribution in [0, 0.1) is 0 Å². The van der Waals surface area contributed by atoms with Gasteiger partial charge < -0.3 is 25.3 Å². The van der Waals surface area contributed by atoms with Gasteiger partial charge in [-0.1, -0.05) is 75.4 Å². The minimum atomic E-state index is -2.09. The summed E-state index contributed by atoms with van der Waals surface area (Å²) in [6.45, 7) is 13.8. The molecule has 1 aliphatic rings. The second-order valence-corrected chi connectivity index (χ2v) is 18.4. The zero-order valence-corrected chi connectivity index (χ0v) is 27.7. The van der Waals surface area contributed by atoms with Gasteiger partial charge in [-0.25, -0.2) is 0 Å². The zero-order valence-electron chi connectivity index (χ0n) is 26.7. The lowest BCUT2D eigenvalue weighted by atomic mass is 10.0. The van der Waals surface area contributed by atoms with Crippen LogP contribution in [0.25, 0.3) is 0 Å².